The number of rotatable bonds is 5. The minimum absolute atomic E-state index is 0.164. The third-order valence-corrected chi connectivity index (χ3v) is 9.49. The highest BCUT2D eigenvalue weighted by atomic mass is 32.2. The molecule has 0 unspecified atom stereocenters. The Labute approximate surface area is 198 Å². The van der Waals surface area contributed by atoms with Gasteiger partial charge in [0, 0.05) is 37.5 Å². The number of thiazole rings is 1. The van der Waals surface area contributed by atoms with Crippen LogP contribution in [0.2, 0.25) is 0 Å². The molecule has 10 heteroatoms. The molecule has 2 aromatic heterocycles. The molecule has 0 spiro atoms. The van der Waals surface area contributed by atoms with Crippen LogP contribution in [-0.2, 0) is 6.18 Å². The predicted molar refractivity (Wildman–Crippen MR) is 126 cm³/mol. The second kappa shape index (κ2) is 8.01. The lowest BCUT2D eigenvalue weighted by atomic mass is 10.2. The van der Waals surface area contributed by atoms with Gasteiger partial charge in [-0.3, -0.25) is 0 Å². The molecular formula is C23H24F3N5S2. The van der Waals surface area contributed by atoms with Gasteiger partial charge in [0.15, 0.2) is 10.0 Å². The van der Waals surface area contributed by atoms with Gasteiger partial charge < -0.3 is 9.80 Å². The summed E-state index contributed by atoms with van der Waals surface area (Å²) >= 11 is 3.53. The average molecular weight is 492 g/mol. The number of hydrogen-bond acceptors (Lipinski definition) is 7. The molecule has 4 heterocycles. The second-order valence-corrected chi connectivity index (χ2v) is 11.5. The van der Waals surface area contributed by atoms with E-state index in [9.17, 15) is 13.2 Å². The number of nitrogens with zero attached hydrogens (tertiary/aromatic N) is 5. The van der Waals surface area contributed by atoms with Crippen LogP contribution in [0.4, 0.5) is 24.9 Å². The lowest BCUT2D eigenvalue weighted by Gasteiger charge is -2.26. The molecule has 3 fully saturated rings. The molecule has 0 N–H and O–H groups in total. The number of benzene rings is 1. The first-order valence-electron chi connectivity index (χ1n) is 11.3. The van der Waals surface area contributed by atoms with Gasteiger partial charge in [-0.05, 0) is 49.7 Å². The van der Waals surface area contributed by atoms with Crippen LogP contribution in [0.3, 0.4) is 0 Å². The maximum Gasteiger partial charge on any atom is 0.433 e. The zero-order chi connectivity index (χ0) is 22.7. The first kappa shape index (κ1) is 21.5. The van der Waals surface area contributed by atoms with E-state index < -0.39 is 11.9 Å². The fraction of sp³-hybridized carbons (Fsp3) is 0.522. The molecule has 1 aliphatic carbocycles. The highest BCUT2D eigenvalue weighted by molar-refractivity contribution is 8.01. The molecule has 33 heavy (non-hydrogen) atoms. The second-order valence-electron chi connectivity index (χ2n) is 9.25. The fourth-order valence-electron chi connectivity index (χ4n) is 5.25. The van der Waals surface area contributed by atoms with Gasteiger partial charge in [0.1, 0.15) is 5.82 Å². The predicted octanol–water partition coefficient (Wildman–Crippen LogP) is 5.57. The number of hydrogen-bond donors (Lipinski definition) is 0. The zero-order valence-corrected chi connectivity index (χ0v) is 19.8. The average Bonchev–Trinajstić information content (AvgIpc) is 3.23. The largest absolute Gasteiger partial charge is 0.433 e. The summed E-state index contributed by atoms with van der Waals surface area (Å²) in [7, 11) is 0. The van der Waals surface area contributed by atoms with E-state index in [1.165, 1.54) is 4.70 Å². The number of anilines is 2. The molecule has 0 radical (unpaired) electrons. The SMILES string of the molecule is C[C@H]1CCCN1c1nc(N2C[C@@H]3[C@@H](CSc4nc5ccccc5s4)[C@@H]3C2)cc(C(F)(F)F)n1. The van der Waals surface area contributed by atoms with Crippen LogP contribution in [0, 0.1) is 17.8 Å². The van der Waals surface area contributed by atoms with Crippen molar-refractivity contribution >= 4 is 45.1 Å². The number of aromatic nitrogens is 3. The Hall–Kier alpha value is -2.07. The number of alkyl halides is 3. The Kier molecular flexibility index (Phi) is 5.21. The van der Waals surface area contributed by atoms with Crippen LogP contribution in [0.5, 0.6) is 0 Å². The van der Waals surface area contributed by atoms with Crippen LogP contribution in [0.1, 0.15) is 25.5 Å². The van der Waals surface area contributed by atoms with Gasteiger partial charge in [-0.15, -0.1) is 11.3 Å². The Bertz CT molecular complexity index is 1140. The number of para-hydroxylation sites is 1. The topological polar surface area (TPSA) is 45.2 Å². The Morgan fingerprint density at radius 2 is 1.91 bits per heavy atom. The van der Waals surface area contributed by atoms with Crippen LogP contribution >= 0.6 is 23.1 Å². The van der Waals surface area contributed by atoms with Crippen molar-refractivity contribution in [1.29, 1.82) is 0 Å². The molecule has 1 aromatic carbocycles. The molecule has 3 aromatic rings. The van der Waals surface area contributed by atoms with E-state index in [1.54, 1.807) is 23.1 Å². The summed E-state index contributed by atoms with van der Waals surface area (Å²) in [6.45, 7) is 4.26. The number of thioether (sulfide) groups is 1. The molecule has 4 atom stereocenters. The van der Waals surface area contributed by atoms with Gasteiger partial charge in [-0.1, -0.05) is 23.9 Å². The molecule has 0 amide bonds. The van der Waals surface area contributed by atoms with Crippen molar-refractivity contribution in [2.45, 2.75) is 36.3 Å². The number of piperidine rings is 1. The molecule has 5 nitrogen and oxygen atoms in total. The van der Waals surface area contributed by atoms with Crippen molar-refractivity contribution in [3.8, 4) is 0 Å². The van der Waals surface area contributed by atoms with E-state index in [1.807, 2.05) is 34.9 Å². The van der Waals surface area contributed by atoms with Gasteiger partial charge in [0.05, 0.1) is 10.2 Å². The van der Waals surface area contributed by atoms with Crippen molar-refractivity contribution in [2.24, 2.45) is 17.8 Å². The third kappa shape index (κ3) is 4.05. The minimum Gasteiger partial charge on any atom is -0.356 e. The molecule has 2 saturated heterocycles. The monoisotopic (exact) mass is 491 g/mol. The van der Waals surface area contributed by atoms with E-state index in [2.05, 4.69) is 16.0 Å². The molecule has 0 bridgehead atoms. The number of fused-ring (bicyclic) bond motifs is 2. The third-order valence-electron chi connectivity index (χ3n) is 7.17. The van der Waals surface area contributed by atoms with Gasteiger partial charge in [-0.25, -0.2) is 9.97 Å². The first-order valence-corrected chi connectivity index (χ1v) is 13.1. The molecule has 3 aliphatic rings. The minimum atomic E-state index is -4.48. The molecule has 6 rings (SSSR count). The van der Waals surface area contributed by atoms with Gasteiger partial charge >= 0.3 is 6.18 Å². The van der Waals surface area contributed by atoms with Gasteiger partial charge in [0.25, 0.3) is 0 Å². The summed E-state index contributed by atoms with van der Waals surface area (Å²) in [6, 6.07) is 9.45. The van der Waals surface area contributed by atoms with E-state index >= 15 is 0 Å². The zero-order valence-electron chi connectivity index (χ0n) is 18.1. The fourth-order valence-corrected chi connectivity index (χ4v) is 7.65. The first-order chi connectivity index (χ1) is 15.9. The smallest absolute Gasteiger partial charge is 0.356 e. The maximum absolute atomic E-state index is 13.6. The molecule has 2 aliphatic heterocycles. The molecule has 1 saturated carbocycles. The van der Waals surface area contributed by atoms with E-state index in [0.29, 0.717) is 30.1 Å². The van der Waals surface area contributed by atoms with Crippen molar-refractivity contribution in [3.63, 3.8) is 0 Å². The summed E-state index contributed by atoms with van der Waals surface area (Å²) in [5, 5.41) is 0. The standard InChI is InChI=1S/C23H24F3N5S2/c1-13-5-4-8-31(13)21-28-19(23(24,25)26)9-20(29-21)30-10-14-15(11-30)16(14)12-32-22-27-17-6-2-3-7-18(17)33-22/h2-3,6-7,9,13-16H,4-5,8,10-12H2,1H3/t13-,14-,15+,16+/m0/s1. The lowest BCUT2D eigenvalue weighted by molar-refractivity contribution is -0.141. The van der Waals surface area contributed by atoms with Crippen molar-refractivity contribution < 1.29 is 13.2 Å². The summed E-state index contributed by atoms with van der Waals surface area (Å²) < 4.78 is 43.0. The highest BCUT2D eigenvalue weighted by Gasteiger charge is 2.55. The lowest BCUT2D eigenvalue weighted by Crippen LogP contribution is -2.31. The van der Waals surface area contributed by atoms with Crippen LogP contribution in [-0.4, -0.2) is 46.4 Å². The Morgan fingerprint density at radius 3 is 2.61 bits per heavy atom. The van der Waals surface area contributed by atoms with Gasteiger partial charge in [0.2, 0.25) is 5.95 Å². The summed E-state index contributed by atoms with van der Waals surface area (Å²) in [5.41, 5.74) is 0.199. The van der Waals surface area contributed by atoms with Crippen molar-refractivity contribution in [3.05, 3.63) is 36.0 Å². The van der Waals surface area contributed by atoms with Crippen LogP contribution in [0.15, 0.2) is 34.7 Å². The van der Waals surface area contributed by atoms with Gasteiger partial charge in [-0.2, -0.15) is 18.2 Å². The van der Waals surface area contributed by atoms with E-state index in [4.69, 9.17) is 4.98 Å². The quantitative estimate of drug-likeness (QED) is 0.435. The van der Waals surface area contributed by atoms with Crippen molar-refractivity contribution in [1.82, 2.24) is 15.0 Å². The molecular weight excluding hydrogens is 467 g/mol. The van der Waals surface area contributed by atoms with E-state index in [-0.39, 0.29) is 12.0 Å². The maximum atomic E-state index is 13.6. The normalized spacial score (nSPS) is 26.9. The Morgan fingerprint density at radius 1 is 1.12 bits per heavy atom. The summed E-state index contributed by atoms with van der Waals surface area (Å²) in [6.07, 6.45) is -2.57. The summed E-state index contributed by atoms with van der Waals surface area (Å²) in [4.78, 5) is 17.1. The highest BCUT2D eigenvalue weighted by Crippen LogP contribution is 2.54. The summed E-state index contributed by atoms with van der Waals surface area (Å²) in [5.74, 6) is 3.28. The Balaban J connectivity index is 1.14. The van der Waals surface area contributed by atoms with E-state index in [0.717, 1.165) is 47.6 Å². The van der Waals surface area contributed by atoms with Crippen molar-refractivity contribution in [2.75, 3.05) is 35.2 Å². The molecule has 174 valence electrons. The number of halogens is 3. The van der Waals surface area contributed by atoms with Crippen LogP contribution in [0.25, 0.3) is 10.2 Å². The van der Waals surface area contributed by atoms with Crippen LogP contribution < -0.4 is 9.80 Å².